The van der Waals surface area contributed by atoms with Crippen molar-refractivity contribution in [1.29, 1.82) is 0 Å². The number of hydrogen-bond acceptors (Lipinski definition) is 8. The molecule has 0 fully saturated rings. The van der Waals surface area contributed by atoms with E-state index < -0.39 is 21.2 Å². The van der Waals surface area contributed by atoms with Crippen LogP contribution in [0, 0.1) is 20.2 Å². The molecule has 1 amide bonds. The second-order valence-corrected chi connectivity index (χ2v) is 6.63. The number of nitro groups is 2. The molecule has 0 spiro atoms. The van der Waals surface area contributed by atoms with Gasteiger partial charge >= 0.3 is 5.69 Å². The van der Waals surface area contributed by atoms with Gasteiger partial charge in [0.2, 0.25) is 11.7 Å². The van der Waals surface area contributed by atoms with Crippen molar-refractivity contribution in [1.82, 2.24) is 5.43 Å². The number of nitro benzene ring substituents is 2. The van der Waals surface area contributed by atoms with Gasteiger partial charge in [-0.05, 0) is 35.4 Å². The van der Waals surface area contributed by atoms with Crippen LogP contribution in [0.1, 0.15) is 11.1 Å². The summed E-state index contributed by atoms with van der Waals surface area (Å²) in [5, 5.41) is 26.1. The SMILES string of the molecule is COc1cc(/C=N/NC(=O)Cc2ccccc2)ccc1Oc1ccc([N+](=O)[O-])cc1[N+](=O)[O-]. The van der Waals surface area contributed by atoms with E-state index in [4.69, 9.17) is 9.47 Å². The molecule has 0 radical (unpaired) electrons. The Morgan fingerprint density at radius 1 is 0.970 bits per heavy atom. The first-order chi connectivity index (χ1) is 15.9. The van der Waals surface area contributed by atoms with E-state index >= 15 is 0 Å². The lowest BCUT2D eigenvalue weighted by atomic mass is 10.1. The van der Waals surface area contributed by atoms with Gasteiger partial charge in [-0.1, -0.05) is 30.3 Å². The zero-order valence-corrected chi connectivity index (χ0v) is 17.3. The van der Waals surface area contributed by atoms with Gasteiger partial charge in [-0.25, -0.2) is 5.43 Å². The number of amides is 1. The molecule has 0 atom stereocenters. The highest BCUT2D eigenvalue weighted by Gasteiger charge is 2.22. The molecule has 11 nitrogen and oxygen atoms in total. The van der Waals surface area contributed by atoms with Crippen molar-refractivity contribution in [2.75, 3.05) is 7.11 Å². The van der Waals surface area contributed by atoms with E-state index in [0.717, 1.165) is 23.8 Å². The number of nitrogens with zero attached hydrogens (tertiary/aromatic N) is 3. The van der Waals surface area contributed by atoms with Crippen molar-refractivity contribution in [3.63, 3.8) is 0 Å². The molecule has 0 heterocycles. The molecule has 33 heavy (non-hydrogen) atoms. The maximum absolute atomic E-state index is 12.0. The van der Waals surface area contributed by atoms with Crippen molar-refractivity contribution in [3.05, 3.63) is 98.1 Å². The topological polar surface area (TPSA) is 146 Å². The quantitative estimate of drug-likeness (QED) is 0.294. The minimum Gasteiger partial charge on any atom is -0.493 e. The predicted molar refractivity (Wildman–Crippen MR) is 119 cm³/mol. The van der Waals surface area contributed by atoms with Crippen LogP contribution in [-0.2, 0) is 11.2 Å². The number of ether oxygens (including phenoxy) is 2. The average molecular weight is 450 g/mol. The van der Waals surface area contributed by atoms with E-state index in [1.165, 1.54) is 19.4 Å². The third-order valence-corrected chi connectivity index (χ3v) is 4.37. The van der Waals surface area contributed by atoms with E-state index in [1.807, 2.05) is 30.3 Å². The van der Waals surface area contributed by atoms with Gasteiger partial charge in [0.05, 0.1) is 35.7 Å². The Labute approximate surface area is 187 Å². The molecule has 0 aromatic heterocycles. The van der Waals surface area contributed by atoms with Crippen LogP contribution in [0.25, 0.3) is 0 Å². The number of nitrogens with one attached hydrogen (secondary N) is 1. The maximum atomic E-state index is 12.0. The Morgan fingerprint density at radius 2 is 1.70 bits per heavy atom. The molecule has 3 aromatic carbocycles. The number of hydrogen-bond donors (Lipinski definition) is 1. The predicted octanol–water partition coefficient (Wildman–Crippen LogP) is 4.00. The fraction of sp³-hybridized carbons (Fsp3) is 0.0909. The summed E-state index contributed by atoms with van der Waals surface area (Å²) >= 11 is 0. The summed E-state index contributed by atoms with van der Waals surface area (Å²) in [6.45, 7) is 0. The standard InChI is InChI=1S/C22H18N4O7/c1-32-21-11-16(14-23-24-22(27)12-15-5-3-2-4-6-15)7-9-20(21)33-19-10-8-17(25(28)29)13-18(19)26(30)31/h2-11,13-14H,12H2,1H3,(H,24,27)/b23-14+. The van der Waals surface area contributed by atoms with Crippen LogP contribution in [0.2, 0.25) is 0 Å². The molecule has 1 N–H and O–H groups in total. The molecular weight excluding hydrogens is 432 g/mol. The summed E-state index contributed by atoms with van der Waals surface area (Å²) in [6.07, 6.45) is 1.59. The molecule has 0 unspecified atom stereocenters. The Kier molecular flexibility index (Phi) is 7.27. The summed E-state index contributed by atoms with van der Waals surface area (Å²) < 4.78 is 10.9. The van der Waals surface area contributed by atoms with Crippen molar-refractivity contribution < 1.29 is 24.1 Å². The van der Waals surface area contributed by atoms with Crippen LogP contribution in [0.5, 0.6) is 17.2 Å². The highest BCUT2D eigenvalue weighted by Crippen LogP contribution is 2.38. The van der Waals surface area contributed by atoms with Gasteiger partial charge in [0.25, 0.3) is 5.69 Å². The second kappa shape index (κ2) is 10.5. The maximum Gasteiger partial charge on any atom is 0.318 e. The summed E-state index contributed by atoms with van der Waals surface area (Å²) in [7, 11) is 1.38. The number of benzene rings is 3. The number of hydrazone groups is 1. The highest BCUT2D eigenvalue weighted by molar-refractivity contribution is 5.84. The molecule has 0 aliphatic carbocycles. The lowest BCUT2D eigenvalue weighted by Gasteiger charge is -2.11. The fourth-order valence-corrected chi connectivity index (χ4v) is 2.82. The van der Waals surface area contributed by atoms with Crippen LogP contribution in [0.15, 0.2) is 71.8 Å². The molecule has 0 aliphatic heterocycles. The van der Waals surface area contributed by atoms with Crippen molar-refractivity contribution in [2.24, 2.45) is 5.10 Å². The average Bonchev–Trinajstić information content (AvgIpc) is 2.80. The normalized spacial score (nSPS) is 10.6. The Bertz CT molecular complexity index is 1210. The van der Waals surface area contributed by atoms with Crippen molar-refractivity contribution >= 4 is 23.5 Å². The Hall–Kier alpha value is -4.80. The van der Waals surface area contributed by atoms with Gasteiger partial charge < -0.3 is 9.47 Å². The van der Waals surface area contributed by atoms with Gasteiger partial charge in [0.1, 0.15) is 0 Å². The number of non-ortho nitro benzene ring substituents is 1. The largest absolute Gasteiger partial charge is 0.493 e. The molecule has 0 bridgehead atoms. The van der Waals surface area contributed by atoms with Crippen molar-refractivity contribution in [2.45, 2.75) is 6.42 Å². The minimum absolute atomic E-state index is 0.153. The van der Waals surface area contributed by atoms with Gasteiger partial charge in [-0.15, -0.1) is 0 Å². The van der Waals surface area contributed by atoms with E-state index in [-0.39, 0.29) is 29.6 Å². The zero-order valence-electron chi connectivity index (χ0n) is 17.3. The molecule has 0 saturated heterocycles. The second-order valence-electron chi connectivity index (χ2n) is 6.63. The molecule has 3 rings (SSSR count). The first-order valence-corrected chi connectivity index (χ1v) is 9.52. The molecule has 0 saturated carbocycles. The van der Waals surface area contributed by atoms with Crippen LogP contribution in [0.4, 0.5) is 11.4 Å². The summed E-state index contributed by atoms with van der Waals surface area (Å²) in [5.74, 6) is -0.0738. The summed E-state index contributed by atoms with van der Waals surface area (Å²) in [6, 6.07) is 16.9. The van der Waals surface area contributed by atoms with Gasteiger partial charge in [0.15, 0.2) is 11.5 Å². The molecular formula is C22H18N4O7. The number of rotatable bonds is 9. The van der Waals surface area contributed by atoms with Crippen LogP contribution >= 0.6 is 0 Å². The van der Waals surface area contributed by atoms with E-state index in [2.05, 4.69) is 10.5 Å². The lowest BCUT2D eigenvalue weighted by Crippen LogP contribution is -2.19. The first kappa shape index (κ1) is 22.9. The van der Waals surface area contributed by atoms with Crippen LogP contribution in [-0.4, -0.2) is 29.1 Å². The Morgan fingerprint density at radius 3 is 2.36 bits per heavy atom. The Balaban J connectivity index is 1.72. The molecule has 168 valence electrons. The minimum atomic E-state index is -0.770. The lowest BCUT2D eigenvalue weighted by molar-refractivity contribution is -0.394. The number of carbonyl (C=O) groups excluding carboxylic acids is 1. The highest BCUT2D eigenvalue weighted by atomic mass is 16.6. The van der Waals surface area contributed by atoms with Gasteiger partial charge in [-0.3, -0.25) is 25.0 Å². The van der Waals surface area contributed by atoms with Crippen LogP contribution < -0.4 is 14.9 Å². The third-order valence-electron chi connectivity index (χ3n) is 4.37. The van der Waals surface area contributed by atoms with Crippen molar-refractivity contribution in [3.8, 4) is 17.2 Å². The number of methoxy groups -OCH3 is 1. The summed E-state index contributed by atoms with van der Waals surface area (Å²) in [5.41, 5.74) is 2.87. The van der Waals surface area contributed by atoms with E-state index in [9.17, 15) is 25.0 Å². The molecule has 0 aliphatic rings. The van der Waals surface area contributed by atoms with E-state index in [1.54, 1.807) is 12.1 Å². The number of carbonyl (C=O) groups is 1. The fourth-order valence-electron chi connectivity index (χ4n) is 2.82. The monoisotopic (exact) mass is 450 g/mol. The summed E-state index contributed by atoms with van der Waals surface area (Å²) in [4.78, 5) is 32.7. The molecule has 11 heteroatoms. The third kappa shape index (κ3) is 6.10. The zero-order chi connectivity index (χ0) is 23.8. The smallest absolute Gasteiger partial charge is 0.318 e. The van der Waals surface area contributed by atoms with Crippen LogP contribution in [0.3, 0.4) is 0 Å². The van der Waals surface area contributed by atoms with Gasteiger partial charge in [-0.2, -0.15) is 5.10 Å². The van der Waals surface area contributed by atoms with Gasteiger partial charge in [0, 0.05) is 6.07 Å². The molecule has 3 aromatic rings. The van der Waals surface area contributed by atoms with E-state index in [0.29, 0.717) is 5.56 Å². The first-order valence-electron chi connectivity index (χ1n) is 9.52.